The van der Waals surface area contributed by atoms with Gasteiger partial charge in [0.2, 0.25) is 5.91 Å². The van der Waals surface area contributed by atoms with Gasteiger partial charge in [-0.3, -0.25) is 4.79 Å². The molecule has 2 N–H and O–H groups in total. The Hall–Kier alpha value is -1.49. The van der Waals surface area contributed by atoms with Crippen LogP contribution in [0.4, 0.5) is 5.69 Å². The van der Waals surface area contributed by atoms with E-state index < -0.39 is 5.97 Å². The monoisotopic (exact) mass is 239 g/mol. The molecule has 1 rings (SSSR count). The summed E-state index contributed by atoms with van der Waals surface area (Å²) in [6.07, 6.45) is 1.81. The number of hydrogen-bond donors (Lipinski definition) is 2. The highest BCUT2D eigenvalue weighted by atomic mass is 32.2. The van der Waals surface area contributed by atoms with Gasteiger partial charge in [-0.1, -0.05) is 12.1 Å². The molecule has 16 heavy (non-hydrogen) atoms. The maximum Gasteiger partial charge on any atom is 0.338 e. The van der Waals surface area contributed by atoms with Crippen LogP contribution in [-0.2, 0) is 4.79 Å². The lowest BCUT2D eigenvalue weighted by molar-refractivity contribution is -0.113. The maximum absolute atomic E-state index is 11.4. The summed E-state index contributed by atoms with van der Waals surface area (Å²) in [5.41, 5.74) is 1.14. The van der Waals surface area contributed by atoms with Gasteiger partial charge in [-0.05, 0) is 24.8 Å². The molecular formula is C11H13NO3S. The molecular weight excluding hydrogens is 226 g/mol. The van der Waals surface area contributed by atoms with E-state index in [1.165, 1.54) is 11.8 Å². The molecule has 0 heterocycles. The standard InChI is InChI=1S/C11H13NO3S/c1-7-4-3-5-8(10(7)11(14)15)12-9(13)6-16-2/h3-5H,6H2,1-2H3,(H,12,13)(H,14,15). The van der Waals surface area contributed by atoms with E-state index in [1.807, 2.05) is 6.26 Å². The van der Waals surface area contributed by atoms with Crippen molar-refractivity contribution in [1.29, 1.82) is 0 Å². The molecule has 0 aliphatic carbocycles. The predicted octanol–water partition coefficient (Wildman–Crippen LogP) is 1.99. The molecule has 0 aliphatic rings. The molecule has 0 fully saturated rings. The number of aromatic carboxylic acids is 1. The van der Waals surface area contributed by atoms with Crippen molar-refractivity contribution in [2.75, 3.05) is 17.3 Å². The van der Waals surface area contributed by atoms with Gasteiger partial charge in [-0.2, -0.15) is 11.8 Å². The SMILES string of the molecule is CSCC(=O)Nc1cccc(C)c1C(=O)O. The van der Waals surface area contributed by atoms with Gasteiger partial charge in [0.15, 0.2) is 0 Å². The number of hydrogen-bond acceptors (Lipinski definition) is 3. The van der Waals surface area contributed by atoms with Gasteiger partial charge in [-0.25, -0.2) is 4.79 Å². The lowest BCUT2D eigenvalue weighted by atomic mass is 10.1. The number of rotatable bonds is 4. The van der Waals surface area contributed by atoms with E-state index in [-0.39, 0.29) is 11.5 Å². The summed E-state index contributed by atoms with van der Waals surface area (Å²) in [7, 11) is 0. The molecule has 1 amide bonds. The van der Waals surface area contributed by atoms with Crippen molar-refractivity contribution < 1.29 is 14.7 Å². The number of amides is 1. The van der Waals surface area contributed by atoms with Crippen LogP contribution in [0.1, 0.15) is 15.9 Å². The van der Waals surface area contributed by atoms with E-state index in [0.717, 1.165) is 0 Å². The van der Waals surface area contributed by atoms with Crippen molar-refractivity contribution in [2.45, 2.75) is 6.92 Å². The summed E-state index contributed by atoms with van der Waals surface area (Å²) in [6, 6.07) is 5.01. The first-order valence-electron chi connectivity index (χ1n) is 4.68. The van der Waals surface area contributed by atoms with Gasteiger partial charge in [0.05, 0.1) is 17.0 Å². The first kappa shape index (κ1) is 12.6. The Morgan fingerprint density at radius 3 is 2.69 bits per heavy atom. The summed E-state index contributed by atoms with van der Waals surface area (Å²) in [5.74, 6) is -0.911. The van der Waals surface area contributed by atoms with Gasteiger partial charge in [-0.15, -0.1) is 0 Å². The number of benzene rings is 1. The zero-order valence-corrected chi connectivity index (χ0v) is 9.93. The van der Waals surface area contributed by atoms with E-state index in [2.05, 4.69) is 5.32 Å². The molecule has 86 valence electrons. The van der Waals surface area contributed by atoms with Crippen LogP contribution in [0.15, 0.2) is 18.2 Å². The summed E-state index contributed by atoms with van der Waals surface area (Å²) >= 11 is 1.39. The van der Waals surface area contributed by atoms with Crippen molar-refractivity contribution in [3.05, 3.63) is 29.3 Å². The van der Waals surface area contributed by atoms with E-state index in [1.54, 1.807) is 25.1 Å². The number of carbonyl (C=O) groups is 2. The molecule has 0 saturated carbocycles. The summed E-state index contributed by atoms with van der Waals surface area (Å²) in [4.78, 5) is 22.4. The predicted molar refractivity (Wildman–Crippen MR) is 65.2 cm³/mol. The largest absolute Gasteiger partial charge is 0.478 e. The summed E-state index contributed by atoms with van der Waals surface area (Å²) in [6.45, 7) is 1.70. The van der Waals surface area contributed by atoms with E-state index in [4.69, 9.17) is 5.11 Å². The lowest BCUT2D eigenvalue weighted by Gasteiger charge is -2.09. The molecule has 0 saturated heterocycles. The molecule has 0 bridgehead atoms. The highest BCUT2D eigenvalue weighted by Crippen LogP contribution is 2.19. The van der Waals surface area contributed by atoms with E-state index in [9.17, 15) is 9.59 Å². The number of nitrogens with one attached hydrogen (secondary N) is 1. The third-order valence-electron chi connectivity index (χ3n) is 2.04. The zero-order chi connectivity index (χ0) is 12.1. The smallest absolute Gasteiger partial charge is 0.338 e. The second-order valence-corrected chi connectivity index (χ2v) is 4.15. The van der Waals surface area contributed by atoms with Crippen LogP contribution in [0, 0.1) is 6.92 Å². The first-order chi connectivity index (χ1) is 7.56. The van der Waals surface area contributed by atoms with Crippen molar-refractivity contribution in [1.82, 2.24) is 0 Å². The average molecular weight is 239 g/mol. The molecule has 0 unspecified atom stereocenters. The Kier molecular flexibility index (Phi) is 4.37. The molecule has 4 nitrogen and oxygen atoms in total. The second-order valence-electron chi connectivity index (χ2n) is 3.28. The van der Waals surface area contributed by atoms with Crippen LogP contribution in [0.3, 0.4) is 0 Å². The molecule has 0 atom stereocenters. The molecule has 0 aliphatic heterocycles. The highest BCUT2D eigenvalue weighted by molar-refractivity contribution is 7.99. The number of carboxylic acid groups (broad SMARTS) is 1. The van der Waals surface area contributed by atoms with Crippen LogP contribution in [0.5, 0.6) is 0 Å². The van der Waals surface area contributed by atoms with Gasteiger partial charge in [0.1, 0.15) is 0 Å². The van der Waals surface area contributed by atoms with Gasteiger partial charge in [0.25, 0.3) is 0 Å². The van der Waals surface area contributed by atoms with Crippen LogP contribution < -0.4 is 5.32 Å². The number of aryl methyl sites for hydroxylation is 1. The Labute approximate surface area is 98.0 Å². The second kappa shape index (κ2) is 5.55. The average Bonchev–Trinajstić information content (AvgIpc) is 2.17. The van der Waals surface area contributed by atoms with Crippen LogP contribution in [-0.4, -0.2) is 29.0 Å². The summed E-state index contributed by atoms with van der Waals surface area (Å²) in [5, 5.41) is 11.6. The number of carboxylic acids is 1. The van der Waals surface area contributed by atoms with Crippen molar-refractivity contribution in [3.8, 4) is 0 Å². The van der Waals surface area contributed by atoms with Gasteiger partial charge < -0.3 is 10.4 Å². The van der Waals surface area contributed by atoms with E-state index in [0.29, 0.717) is 17.0 Å². The van der Waals surface area contributed by atoms with Crippen molar-refractivity contribution in [2.24, 2.45) is 0 Å². The summed E-state index contributed by atoms with van der Waals surface area (Å²) < 4.78 is 0. The van der Waals surface area contributed by atoms with Crippen LogP contribution in [0.25, 0.3) is 0 Å². The topological polar surface area (TPSA) is 66.4 Å². The third kappa shape index (κ3) is 3.00. The fourth-order valence-corrected chi connectivity index (χ4v) is 1.71. The van der Waals surface area contributed by atoms with Gasteiger partial charge in [0, 0.05) is 0 Å². The van der Waals surface area contributed by atoms with Crippen molar-refractivity contribution >= 4 is 29.3 Å². The third-order valence-corrected chi connectivity index (χ3v) is 2.59. The quantitative estimate of drug-likeness (QED) is 0.843. The number of thioether (sulfide) groups is 1. The molecule has 5 heteroatoms. The molecule has 1 aromatic carbocycles. The molecule has 1 aromatic rings. The molecule has 0 radical (unpaired) electrons. The van der Waals surface area contributed by atoms with Crippen molar-refractivity contribution in [3.63, 3.8) is 0 Å². The minimum Gasteiger partial charge on any atom is -0.478 e. The molecule has 0 aromatic heterocycles. The first-order valence-corrected chi connectivity index (χ1v) is 6.07. The minimum absolute atomic E-state index is 0.150. The highest BCUT2D eigenvalue weighted by Gasteiger charge is 2.14. The number of carbonyl (C=O) groups excluding carboxylic acids is 1. The maximum atomic E-state index is 11.4. The van der Waals surface area contributed by atoms with E-state index >= 15 is 0 Å². The molecule has 0 spiro atoms. The van der Waals surface area contributed by atoms with Crippen LogP contribution >= 0.6 is 11.8 Å². The Bertz CT molecular complexity index is 418. The Morgan fingerprint density at radius 2 is 2.12 bits per heavy atom. The lowest BCUT2D eigenvalue weighted by Crippen LogP contribution is -2.17. The fourth-order valence-electron chi connectivity index (χ4n) is 1.37. The minimum atomic E-state index is -1.03. The van der Waals surface area contributed by atoms with Gasteiger partial charge >= 0.3 is 5.97 Å². The Morgan fingerprint density at radius 1 is 1.44 bits per heavy atom. The fraction of sp³-hybridized carbons (Fsp3) is 0.273. The zero-order valence-electron chi connectivity index (χ0n) is 9.11. The number of anilines is 1. The Balaban J connectivity index is 3.00. The van der Waals surface area contributed by atoms with Crippen LogP contribution in [0.2, 0.25) is 0 Å². The normalized spacial score (nSPS) is 9.88.